The molecule has 0 bridgehead atoms. The third-order valence-electron chi connectivity index (χ3n) is 3.12. The van der Waals surface area contributed by atoms with E-state index in [-0.39, 0.29) is 0 Å². The van der Waals surface area contributed by atoms with E-state index in [0.717, 1.165) is 25.3 Å². The molecule has 0 spiro atoms. The van der Waals surface area contributed by atoms with Crippen LogP contribution in [0.1, 0.15) is 32.8 Å². The summed E-state index contributed by atoms with van der Waals surface area (Å²) in [6, 6.07) is 8.95. The van der Waals surface area contributed by atoms with E-state index >= 15 is 0 Å². The summed E-state index contributed by atoms with van der Waals surface area (Å²) >= 11 is 0. The minimum absolute atomic E-state index is 0.483. The summed E-state index contributed by atoms with van der Waals surface area (Å²) < 4.78 is 0. The Balaban J connectivity index is 2.34. The summed E-state index contributed by atoms with van der Waals surface area (Å²) in [7, 11) is 0. The standard InChI is InChI=1S/C16H23N3/c1-4-9-17-16-15-8-6-5-7-14(15)13(11-19-16)10-18-12(2)3/h5-8,11-12,18H,4,9-10H2,1-3H3,(H,17,19). The number of rotatable bonds is 6. The molecule has 3 heteroatoms. The van der Waals surface area contributed by atoms with Gasteiger partial charge in [-0.1, -0.05) is 45.0 Å². The molecule has 1 heterocycles. The van der Waals surface area contributed by atoms with Crippen LogP contribution >= 0.6 is 0 Å². The molecule has 19 heavy (non-hydrogen) atoms. The highest BCUT2D eigenvalue weighted by Crippen LogP contribution is 2.24. The van der Waals surface area contributed by atoms with Gasteiger partial charge in [0.2, 0.25) is 0 Å². The van der Waals surface area contributed by atoms with Crippen LogP contribution in [0.4, 0.5) is 5.82 Å². The Bertz CT molecular complexity index is 535. The fourth-order valence-corrected chi connectivity index (χ4v) is 2.09. The van der Waals surface area contributed by atoms with E-state index in [1.54, 1.807) is 0 Å². The molecule has 0 amide bonds. The van der Waals surface area contributed by atoms with E-state index in [2.05, 4.69) is 60.7 Å². The van der Waals surface area contributed by atoms with Crippen molar-refractivity contribution in [2.24, 2.45) is 0 Å². The minimum atomic E-state index is 0.483. The number of aromatic nitrogens is 1. The minimum Gasteiger partial charge on any atom is -0.370 e. The summed E-state index contributed by atoms with van der Waals surface area (Å²) in [6.07, 6.45) is 3.09. The van der Waals surface area contributed by atoms with E-state index < -0.39 is 0 Å². The van der Waals surface area contributed by atoms with Crippen molar-refractivity contribution in [3.8, 4) is 0 Å². The van der Waals surface area contributed by atoms with Crippen LogP contribution in [0.2, 0.25) is 0 Å². The number of hydrogen-bond donors (Lipinski definition) is 2. The molecule has 0 atom stereocenters. The maximum absolute atomic E-state index is 4.57. The Morgan fingerprint density at radius 2 is 1.89 bits per heavy atom. The first-order chi connectivity index (χ1) is 9.22. The van der Waals surface area contributed by atoms with Gasteiger partial charge in [-0.3, -0.25) is 0 Å². The van der Waals surface area contributed by atoms with Gasteiger partial charge in [0.05, 0.1) is 0 Å². The highest BCUT2D eigenvalue weighted by atomic mass is 15.0. The molecule has 0 aliphatic heterocycles. The smallest absolute Gasteiger partial charge is 0.133 e. The lowest BCUT2D eigenvalue weighted by Crippen LogP contribution is -2.22. The van der Waals surface area contributed by atoms with Crippen LogP contribution in [-0.2, 0) is 6.54 Å². The first-order valence-corrected chi connectivity index (χ1v) is 7.06. The topological polar surface area (TPSA) is 37.0 Å². The molecule has 0 aliphatic rings. The van der Waals surface area contributed by atoms with E-state index in [1.165, 1.54) is 16.3 Å². The Morgan fingerprint density at radius 3 is 2.58 bits per heavy atom. The molecule has 0 radical (unpaired) electrons. The Hall–Kier alpha value is -1.61. The van der Waals surface area contributed by atoms with Crippen molar-refractivity contribution >= 4 is 16.6 Å². The average molecular weight is 257 g/mol. The largest absolute Gasteiger partial charge is 0.370 e. The van der Waals surface area contributed by atoms with Gasteiger partial charge in [-0.15, -0.1) is 0 Å². The van der Waals surface area contributed by atoms with Crippen molar-refractivity contribution in [3.05, 3.63) is 36.0 Å². The highest BCUT2D eigenvalue weighted by molar-refractivity contribution is 5.93. The number of hydrogen-bond acceptors (Lipinski definition) is 3. The molecule has 2 aromatic rings. The summed E-state index contributed by atoms with van der Waals surface area (Å²) in [5.74, 6) is 0.991. The van der Waals surface area contributed by atoms with Crippen LogP contribution in [0.3, 0.4) is 0 Å². The lowest BCUT2D eigenvalue weighted by atomic mass is 10.1. The molecule has 0 unspecified atom stereocenters. The first kappa shape index (κ1) is 13.8. The first-order valence-electron chi connectivity index (χ1n) is 7.06. The van der Waals surface area contributed by atoms with E-state index in [0.29, 0.717) is 6.04 Å². The maximum Gasteiger partial charge on any atom is 0.133 e. The molecule has 1 aromatic carbocycles. The van der Waals surface area contributed by atoms with E-state index in [4.69, 9.17) is 0 Å². The molecular formula is C16H23N3. The Morgan fingerprint density at radius 1 is 1.16 bits per heavy atom. The van der Waals surface area contributed by atoms with Gasteiger partial charge in [0, 0.05) is 30.7 Å². The Kier molecular flexibility index (Phi) is 4.74. The molecule has 2 rings (SSSR count). The van der Waals surface area contributed by atoms with Gasteiger partial charge in [-0.2, -0.15) is 0 Å². The second-order valence-electron chi connectivity index (χ2n) is 5.14. The molecular weight excluding hydrogens is 234 g/mol. The number of benzene rings is 1. The van der Waals surface area contributed by atoms with Crippen LogP contribution in [0.5, 0.6) is 0 Å². The van der Waals surface area contributed by atoms with Crippen LogP contribution in [-0.4, -0.2) is 17.6 Å². The third kappa shape index (κ3) is 3.44. The SMILES string of the molecule is CCCNc1ncc(CNC(C)C)c2ccccc12. The van der Waals surface area contributed by atoms with Crippen LogP contribution in [0, 0.1) is 0 Å². The molecule has 102 valence electrons. The number of anilines is 1. The fourth-order valence-electron chi connectivity index (χ4n) is 2.09. The average Bonchev–Trinajstić information content (AvgIpc) is 2.43. The van der Waals surface area contributed by atoms with Gasteiger partial charge in [-0.05, 0) is 17.4 Å². The van der Waals surface area contributed by atoms with Crippen LogP contribution < -0.4 is 10.6 Å². The zero-order valence-electron chi connectivity index (χ0n) is 12.0. The number of pyridine rings is 1. The molecule has 1 aromatic heterocycles. The van der Waals surface area contributed by atoms with Gasteiger partial charge < -0.3 is 10.6 Å². The van der Waals surface area contributed by atoms with Gasteiger partial charge in [0.1, 0.15) is 5.82 Å². The van der Waals surface area contributed by atoms with Crippen molar-refractivity contribution in [2.75, 3.05) is 11.9 Å². The van der Waals surface area contributed by atoms with E-state index in [1.807, 2.05) is 6.20 Å². The second-order valence-corrected chi connectivity index (χ2v) is 5.14. The lowest BCUT2D eigenvalue weighted by Gasteiger charge is -2.13. The second kappa shape index (κ2) is 6.53. The molecule has 0 aliphatic carbocycles. The molecule has 0 saturated carbocycles. The third-order valence-corrected chi connectivity index (χ3v) is 3.12. The van der Waals surface area contributed by atoms with E-state index in [9.17, 15) is 0 Å². The summed E-state index contributed by atoms with van der Waals surface area (Å²) in [5, 5.41) is 9.34. The summed E-state index contributed by atoms with van der Waals surface area (Å²) in [5.41, 5.74) is 1.26. The quantitative estimate of drug-likeness (QED) is 0.831. The molecule has 0 fully saturated rings. The van der Waals surface area contributed by atoms with Crippen molar-refractivity contribution in [1.29, 1.82) is 0 Å². The van der Waals surface area contributed by atoms with Gasteiger partial charge >= 0.3 is 0 Å². The van der Waals surface area contributed by atoms with Crippen molar-refractivity contribution in [1.82, 2.24) is 10.3 Å². The van der Waals surface area contributed by atoms with Crippen LogP contribution in [0.15, 0.2) is 30.5 Å². The van der Waals surface area contributed by atoms with Gasteiger partial charge in [0.15, 0.2) is 0 Å². The molecule has 3 nitrogen and oxygen atoms in total. The summed E-state index contributed by atoms with van der Waals surface area (Å²) in [6.45, 7) is 8.30. The summed E-state index contributed by atoms with van der Waals surface area (Å²) in [4.78, 5) is 4.57. The number of nitrogens with one attached hydrogen (secondary N) is 2. The zero-order chi connectivity index (χ0) is 13.7. The van der Waals surface area contributed by atoms with Crippen LogP contribution in [0.25, 0.3) is 10.8 Å². The molecule has 0 saturated heterocycles. The predicted octanol–water partition coefficient (Wildman–Crippen LogP) is 3.55. The monoisotopic (exact) mass is 257 g/mol. The normalized spacial score (nSPS) is 11.2. The molecule has 2 N–H and O–H groups in total. The van der Waals surface area contributed by atoms with Gasteiger partial charge in [0.25, 0.3) is 0 Å². The van der Waals surface area contributed by atoms with Gasteiger partial charge in [-0.25, -0.2) is 4.98 Å². The number of nitrogens with zero attached hydrogens (tertiary/aromatic N) is 1. The highest BCUT2D eigenvalue weighted by Gasteiger charge is 2.06. The Labute approximate surface area is 115 Å². The maximum atomic E-state index is 4.57. The number of fused-ring (bicyclic) bond motifs is 1. The predicted molar refractivity (Wildman–Crippen MR) is 82.5 cm³/mol. The zero-order valence-corrected chi connectivity index (χ0v) is 12.0. The van der Waals surface area contributed by atoms with Crippen molar-refractivity contribution in [3.63, 3.8) is 0 Å². The fraction of sp³-hybridized carbons (Fsp3) is 0.438. The van der Waals surface area contributed by atoms with Crippen molar-refractivity contribution in [2.45, 2.75) is 39.8 Å². The lowest BCUT2D eigenvalue weighted by molar-refractivity contribution is 0.590. The van der Waals surface area contributed by atoms with Crippen molar-refractivity contribution < 1.29 is 0 Å².